The number of nitrogens with zero attached hydrogens (tertiary/aromatic N) is 1. The van der Waals surface area contributed by atoms with Gasteiger partial charge in [-0.15, -0.1) is 0 Å². The van der Waals surface area contributed by atoms with Gasteiger partial charge in [-0.05, 0) is 90.2 Å². The first kappa shape index (κ1) is 35.4. The molecule has 4 saturated carbocycles. The number of ether oxygens (including phenoxy) is 4. The number of amides is 2. The van der Waals surface area contributed by atoms with E-state index in [4.69, 9.17) is 18.9 Å². The highest BCUT2D eigenvalue weighted by Gasteiger charge is 2.51. The highest BCUT2D eigenvalue weighted by atomic mass is 16.7. The SMILES string of the molecule is C[C@H]1[C@@H](CN2CCC3(CC2)OCCO3)O[C@@H](c2ccc(-c3cccc(CNC(=O)NC45CC6CC(CC(C6)C4)C5)c3)cc2)O[C@H]1c1ccc(CO)cc1. The van der Waals surface area contributed by atoms with E-state index in [1.165, 1.54) is 19.3 Å². The summed E-state index contributed by atoms with van der Waals surface area (Å²) in [4.78, 5) is 15.6. The number of rotatable bonds is 9. The van der Waals surface area contributed by atoms with Crippen LogP contribution in [0.15, 0.2) is 72.8 Å². The Morgan fingerprint density at radius 1 is 0.811 bits per heavy atom. The van der Waals surface area contributed by atoms with Crippen molar-refractivity contribution in [2.75, 3.05) is 32.8 Å². The normalized spacial score (nSPS) is 33.3. The Bertz CT molecular complexity index is 1700. The molecule has 0 aromatic heterocycles. The zero-order chi connectivity index (χ0) is 36.0. The minimum absolute atomic E-state index is 0.00759. The second-order valence-corrected chi connectivity index (χ2v) is 17.1. The van der Waals surface area contributed by atoms with Crippen LogP contribution in [0.5, 0.6) is 0 Å². The van der Waals surface area contributed by atoms with Gasteiger partial charge >= 0.3 is 6.03 Å². The van der Waals surface area contributed by atoms with Crippen LogP contribution in [0.1, 0.15) is 92.9 Å². The largest absolute Gasteiger partial charge is 0.392 e. The third-order valence-corrected chi connectivity index (χ3v) is 13.3. The molecular weight excluding hydrogens is 666 g/mol. The third-order valence-electron chi connectivity index (χ3n) is 13.3. The molecule has 10 rings (SSSR count). The number of hydrogen-bond acceptors (Lipinski definition) is 7. The lowest BCUT2D eigenvalue weighted by Crippen LogP contribution is -2.61. The van der Waals surface area contributed by atoms with Crippen LogP contribution in [0, 0.1) is 23.7 Å². The quantitative estimate of drug-likeness (QED) is 0.214. The molecule has 1 spiro atoms. The van der Waals surface area contributed by atoms with E-state index in [-0.39, 0.29) is 36.3 Å². The summed E-state index contributed by atoms with van der Waals surface area (Å²) in [6.07, 6.45) is 8.56. The fraction of sp³-hybridized carbons (Fsp3) is 0.568. The fourth-order valence-electron chi connectivity index (χ4n) is 10.9. The summed E-state index contributed by atoms with van der Waals surface area (Å²) in [6, 6.07) is 25.0. The van der Waals surface area contributed by atoms with Crippen molar-refractivity contribution in [3.63, 3.8) is 0 Å². The summed E-state index contributed by atoms with van der Waals surface area (Å²) < 4.78 is 25.5. The molecule has 0 radical (unpaired) electrons. The van der Waals surface area contributed by atoms with Gasteiger partial charge in [0.2, 0.25) is 0 Å². The molecule has 53 heavy (non-hydrogen) atoms. The van der Waals surface area contributed by atoms with Crippen LogP contribution in [0.2, 0.25) is 0 Å². The third kappa shape index (κ3) is 7.53. The minimum Gasteiger partial charge on any atom is -0.392 e. The molecule has 7 aliphatic rings. The van der Waals surface area contributed by atoms with E-state index in [2.05, 4.69) is 83.1 Å². The van der Waals surface area contributed by atoms with Gasteiger partial charge in [0, 0.05) is 56.0 Å². The topological polar surface area (TPSA) is 102 Å². The molecule has 2 amide bonds. The zero-order valence-corrected chi connectivity index (χ0v) is 31.0. The lowest BCUT2D eigenvalue weighted by molar-refractivity contribution is -0.278. The van der Waals surface area contributed by atoms with Crippen molar-refractivity contribution in [2.24, 2.45) is 23.7 Å². The van der Waals surface area contributed by atoms with Crippen molar-refractivity contribution in [2.45, 2.75) is 101 Å². The van der Waals surface area contributed by atoms with Crippen LogP contribution in [-0.2, 0) is 32.1 Å². The Kier molecular flexibility index (Phi) is 9.84. The Hall–Kier alpha value is -3.31. The van der Waals surface area contributed by atoms with Gasteiger partial charge in [0.1, 0.15) is 0 Å². The van der Waals surface area contributed by atoms with E-state index in [1.807, 2.05) is 12.1 Å². The van der Waals surface area contributed by atoms with E-state index < -0.39 is 12.1 Å². The maximum absolute atomic E-state index is 13.1. The van der Waals surface area contributed by atoms with Crippen LogP contribution in [0.25, 0.3) is 11.1 Å². The molecule has 3 aromatic rings. The van der Waals surface area contributed by atoms with E-state index in [0.29, 0.717) is 19.8 Å². The highest BCUT2D eigenvalue weighted by Crippen LogP contribution is 2.55. The Morgan fingerprint density at radius 3 is 2.13 bits per heavy atom. The molecule has 4 aliphatic carbocycles. The molecule has 3 N–H and O–H groups in total. The summed E-state index contributed by atoms with van der Waals surface area (Å²) in [5, 5.41) is 16.3. The maximum Gasteiger partial charge on any atom is 0.315 e. The number of likely N-dealkylation sites (tertiary alicyclic amines) is 1. The van der Waals surface area contributed by atoms with Gasteiger partial charge in [0.05, 0.1) is 32.0 Å². The monoisotopic (exact) mass is 721 g/mol. The van der Waals surface area contributed by atoms with Gasteiger partial charge < -0.3 is 39.6 Å². The molecule has 9 heteroatoms. The number of aliphatic hydroxyl groups excluding tert-OH is 1. The van der Waals surface area contributed by atoms with Gasteiger partial charge in [-0.2, -0.15) is 0 Å². The van der Waals surface area contributed by atoms with E-state index in [0.717, 1.165) is 103 Å². The lowest BCUT2D eigenvalue weighted by atomic mass is 9.53. The first-order valence-electron chi connectivity index (χ1n) is 20.1. The Labute approximate surface area is 313 Å². The molecule has 4 atom stereocenters. The smallest absolute Gasteiger partial charge is 0.315 e. The van der Waals surface area contributed by atoms with Gasteiger partial charge in [0.15, 0.2) is 12.1 Å². The maximum atomic E-state index is 13.1. The van der Waals surface area contributed by atoms with Crippen LogP contribution < -0.4 is 10.6 Å². The fourth-order valence-corrected chi connectivity index (χ4v) is 10.9. The molecule has 282 valence electrons. The van der Waals surface area contributed by atoms with Gasteiger partial charge in [-0.1, -0.05) is 73.7 Å². The summed E-state index contributed by atoms with van der Waals surface area (Å²) in [5.74, 6) is 2.11. The molecule has 3 aliphatic heterocycles. The molecule has 3 aromatic carbocycles. The van der Waals surface area contributed by atoms with Crippen LogP contribution >= 0.6 is 0 Å². The number of aliphatic hydroxyl groups is 1. The van der Waals surface area contributed by atoms with Crippen molar-refractivity contribution in [1.29, 1.82) is 0 Å². The lowest BCUT2D eigenvalue weighted by Gasteiger charge is -2.56. The van der Waals surface area contributed by atoms with Crippen LogP contribution in [0.4, 0.5) is 4.79 Å². The van der Waals surface area contributed by atoms with Crippen molar-refractivity contribution < 1.29 is 28.8 Å². The van der Waals surface area contributed by atoms with Crippen molar-refractivity contribution >= 4 is 6.03 Å². The number of hydrogen-bond donors (Lipinski definition) is 3. The first-order chi connectivity index (χ1) is 25.8. The minimum atomic E-state index is -0.520. The molecule has 0 unspecified atom stereocenters. The number of nitrogens with one attached hydrogen (secondary N) is 2. The summed E-state index contributed by atoms with van der Waals surface area (Å²) in [6.45, 7) is 6.71. The molecular formula is C44H55N3O6. The van der Waals surface area contributed by atoms with E-state index >= 15 is 0 Å². The van der Waals surface area contributed by atoms with Crippen molar-refractivity contribution in [3.05, 3.63) is 95.1 Å². The summed E-state index contributed by atoms with van der Waals surface area (Å²) >= 11 is 0. The predicted octanol–water partition coefficient (Wildman–Crippen LogP) is 7.24. The van der Waals surface area contributed by atoms with E-state index in [1.54, 1.807) is 0 Å². The molecule has 9 nitrogen and oxygen atoms in total. The molecule has 3 saturated heterocycles. The van der Waals surface area contributed by atoms with Crippen molar-refractivity contribution in [1.82, 2.24) is 15.5 Å². The predicted molar refractivity (Wildman–Crippen MR) is 201 cm³/mol. The molecule has 4 bridgehead atoms. The molecule has 7 fully saturated rings. The number of urea groups is 1. The van der Waals surface area contributed by atoms with Crippen LogP contribution in [0.3, 0.4) is 0 Å². The Morgan fingerprint density at radius 2 is 1.47 bits per heavy atom. The summed E-state index contributed by atoms with van der Waals surface area (Å²) in [5.41, 5.74) is 6.25. The zero-order valence-electron chi connectivity index (χ0n) is 31.0. The number of carbonyl (C=O) groups is 1. The second kappa shape index (κ2) is 14.7. The second-order valence-electron chi connectivity index (χ2n) is 17.1. The average Bonchev–Trinajstić information content (AvgIpc) is 3.63. The van der Waals surface area contributed by atoms with Gasteiger partial charge in [0.25, 0.3) is 0 Å². The number of benzene rings is 3. The Balaban J connectivity index is 0.861. The average molecular weight is 722 g/mol. The van der Waals surface area contributed by atoms with E-state index in [9.17, 15) is 9.90 Å². The molecule has 3 heterocycles. The number of piperidine rings is 1. The summed E-state index contributed by atoms with van der Waals surface area (Å²) in [7, 11) is 0. The number of carbonyl (C=O) groups excluding carboxylic acids is 1. The van der Waals surface area contributed by atoms with Gasteiger partial charge in [-0.25, -0.2) is 4.79 Å². The first-order valence-corrected chi connectivity index (χ1v) is 20.1. The van der Waals surface area contributed by atoms with Gasteiger partial charge in [-0.3, -0.25) is 0 Å². The standard InChI is InChI=1S/C44H55N3O6/c1-29-39(27-47-15-13-44(14-16-47)50-17-18-51-44)52-41(53-40(29)36-7-5-30(28-48)6-8-36)37-11-9-35(10-12-37)38-4-2-3-31(22-38)26-45-42(49)46-43-23-32-19-33(24-43)21-34(20-32)25-43/h2-12,22,29,32-34,39-41,48H,13-21,23-28H2,1H3,(H2,45,46,49)/t29-,32?,33?,34?,39+,40+,41+,43?/m0/s1. The highest BCUT2D eigenvalue weighted by molar-refractivity contribution is 5.75. The van der Waals surface area contributed by atoms with Crippen molar-refractivity contribution in [3.8, 4) is 11.1 Å². The van der Waals surface area contributed by atoms with Crippen LogP contribution in [-0.4, -0.2) is 66.3 Å².